The molecule has 1 atom stereocenters. The molecule has 1 saturated carbocycles. The molecule has 4 heterocycles. The van der Waals surface area contributed by atoms with E-state index >= 15 is 0 Å². The lowest BCUT2D eigenvalue weighted by Crippen LogP contribution is -2.63. The first-order chi connectivity index (χ1) is 20.7. The fourth-order valence-corrected chi connectivity index (χ4v) is 7.24. The van der Waals surface area contributed by atoms with Crippen LogP contribution in [0.4, 0.5) is 27.3 Å². The molecule has 1 unspecified atom stereocenters. The number of halogens is 1. The lowest BCUT2D eigenvalue weighted by atomic mass is 9.89. The summed E-state index contributed by atoms with van der Waals surface area (Å²) in [6, 6.07) is 12.3. The highest BCUT2D eigenvalue weighted by Crippen LogP contribution is 2.42. The van der Waals surface area contributed by atoms with E-state index < -0.39 is 5.91 Å². The maximum absolute atomic E-state index is 14.6. The molecule has 2 aromatic heterocycles. The number of aromatic nitrogens is 3. The SMILES string of the molecule is Cc1ccc(F)c2c1N(C)C(N)(Nc1ccc(-c3cn(C4CCC(N5CCN(C)CC5)CC4)c4ncnc(N)c34)cc1)N2. The number of fused-ring (bicyclic) bond motifs is 2. The average molecular weight is 585 g/mol. The van der Waals surface area contributed by atoms with E-state index in [0.717, 1.165) is 78.1 Å². The summed E-state index contributed by atoms with van der Waals surface area (Å²) >= 11 is 0. The van der Waals surface area contributed by atoms with Gasteiger partial charge < -0.3 is 30.7 Å². The van der Waals surface area contributed by atoms with E-state index in [4.69, 9.17) is 16.5 Å². The molecule has 2 aliphatic heterocycles. The number of aryl methyl sites for hydroxylation is 1. The lowest BCUT2D eigenvalue weighted by molar-refractivity contribution is 0.0828. The highest BCUT2D eigenvalue weighted by Gasteiger charge is 2.40. The fraction of sp³-hybridized carbons (Fsp3) is 0.438. The number of nitrogens with one attached hydrogen (secondary N) is 2. The van der Waals surface area contributed by atoms with Crippen molar-refractivity contribution >= 4 is 33.9 Å². The first kappa shape index (κ1) is 27.9. The molecule has 4 aromatic rings. The molecule has 2 aromatic carbocycles. The van der Waals surface area contributed by atoms with Gasteiger partial charge in [0.05, 0.1) is 16.8 Å². The summed E-state index contributed by atoms with van der Waals surface area (Å²) in [5.74, 6) is -1.03. The smallest absolute Gasteiger partial charge is 0.246 e. The lowest BCUT2D eigenvalue weighted by Gasteiger charge is -2.41. The van der Waals surface area contributed by atoms with Crippen LogP contribution >= 0.6 is 0 Å². The molecule has 1 aliphatic carbocycles. The monoisotopic (exact) mass is 584 g/mol. The van der Waals surface area contributed by atoms with E-state index in [1.807, 2.05) is 31.0 Å². The van der Waals surface area contributed by atoms with E-state index in [2.05, 4.69) is 55.4 Å². The summed E-state index contributed by atoms with van der Waals surface area (Å²) in [7, 11) is 4.06. The molecular formula is C32H41FN10. The third-order valence-electron chi connectivity index (χ3n) is 9.79. The van der Waals surface area contributed by atoms with Crippen LogP contribution in [-0.2, 0) is 0 Å². The number of rotatable bonds is 5. The Balaban J connectivity index is 1.12. The van der Waals surface area contributed by atoms with Gasteiger partial charge in [-0.1, -0.05) is 18.2 Å². The largest absolute Gasteiger partial charge is 0.383 e. The van der Waals surface area contributed by atoms with Crippen LogP contribution < -0.4 is 27.0 Å². The molecule has 0 radical (unpaired) electrons. The Hall–Kier alpha value is -3.93. The minimum atomic E-state index is -1.19. The van der Waals surface area contributed by atoms with Gasteiger partial charge in [-0.3, -0.25) is 10.6 Å². The fourth-order valence-electron chi connectivity index (χ4n) is 7.24. The molecule has 1 saturated heterocycles. The van der Waals surface area contributed by atoms with Gasteiger partial charge in [0, 0.05) is 62.8 Å². The van der Waals surface area contributed by atoms with Crippen molar-refractivity contribution in [1.82, 2.24) is 24.3 Å². The van der Waals surface area contributed by atoms with Gasteiger partial charge in [0.25, 0.3) is 0 Å². The van der Waals surface area contributed by atoms with Crippen LogP contribution in [-0.4, -0.2) is 76.6 Å². The van der Waals surface area contributed by atoms with E-state index in [1.165, 1.54) is 18.9 Å². The molecular weight excluding hydrogens is 543 g/mol. The summed E-state index contributed by atoms with van der Waals surface area (Å²) < 4.78 is 16.9. The minimum Gasteiger partial charge on any atom is -0.383 e. The standard InChI is InChI=1S/C32H41FN10/c1-20-4-13-26(33)28-29(20)41(3)32(35,39-28)38-22-7-5-21(6-8-22)25-18-43(31-27(25)30(34)36-19-37-31)24-11-9-23(10-12-24)42-16-14-40(2)15-17-42/h4-8,13,18-19,23-24,38-39H,9-12,14-17,35H2,1-3H3,(H2,34,36,37). The third-order valence-corrected chi connectivity index (χ3v) is 9.79. The van der Waals surface area contributed by atoms with Crippen molar-refractivity contribution in [1.29, 1.82) is 0 Å². The minimum absolute atomic E-state index is 0.332. The molecule has 0 bridgehead atoms. The molecule has 0 spiro atoms. The second-order valence-corrected chi connectivity index (χ2v) is 12.4. The molecule has 7 rings (SSSR count). The van der Waals surface area contributed by atoms with Crippen LogP contribution in [0, 0.1) is 12.7 Å². The van der Waals surface area contributed by atoms with Gasteiger partial charge in [0.15, 0.2) is 0 Å². The number of piperazine rings is 1. The maximum Gasteiger partial charge on any atom is 0.246 e. The van der Waals surface area contributed by atoms with Crippen molar-refractivity contribution in [2.75, 3.05) is 61.5 Å². The van der Waals surface area contributed by atoms with Gasteiger partial charge in [-0.2, -0.15) is 0 Å². The van der Waals surface area contributed by atoms with Crippen LogP contribution in [0.5, 0.6) is 0 Å². The van der Waals surface area contributed by atoms with E-state index in [-0.39, 0.29) is 5.82 Å². The Morgan fingerprint density at radius 1 is 0.953 bits per heavy atom. The number of anilines is 4. The van der Waals surface area contributed by atoms with Crippen molar-refractivity contribution in [3.63, 3.8) is 0 Å². The number of hydrogen-bond donors (Lipinski definition) is 4. The van der Waals surface area contributed by atoms with Crippen LogP contribution in [0.3, 0.4) is 0 Å². The van der Waals surface area contributed by atoms with Gasteiger partial charge in [-0.05, 0) is 69.0 Å². The predicted molar refractivity (Wildman–Crippen MR) is 171 cm³/mol. The molecule has 6 N–H and O–H groups in total. The summed E-state index contributed by atoms with van der Waals surface area (Å²) in [5.41, 5.74) is 19.0. The Bertz CT molecular complexity index is 1640. The van der Waals surface area contributed by atoms with Crippen molar-refractivity contribution in [2.45, 2.75) is 50.6 Å². The number of nitrogens with zero attached hydrogens (tertiary/aromatic N) is 6. The molecule has 43 heavy (non-hydrogen) atoms. The van der Waals surface area contributed by atoms with Crippen molar-refractivity contribution in [3.05, 3.63) is 60.3 Å². The van der Waals surface area contributed by atoms with Gasteiger partial charge in [0.1, 0.15) is 23.6 Å². The number of hydrogen-bond acceptors (Lipinski definition) is 9. The molecule has 226 valence electrons. The Kier molecular flexibility index (Phi) is 6.91. The maximum atomic E-state index is 14.6. The van der Waals surface area contributed by atoms with Gasteiger partial charge in [0.2, 0.25) is 5.91 Å². The zero-order valence-electron chi connectivity index (χ0n) is 25.1. The van der Waals surface area contributed by atoms with Crippen molar-refractivity contribution < 1.29 is 4.39 Å². The van der Waals surface area contributed by atoms with Crippen LogP contribution in [0.25, 0.3) is 22.2 Å². The molecule has 11 heteroatoms. The number of nitrogens with two attached hydrogens (primary N) is 2. The molecule has 3 aliphatic rings. The topological polar surface area (TPSA) is 117 Å². The molecule has 2 fully saturated rings. The zero-order chi connectivity index (χ0) is 29.9. The van der Waals surface area contributed by atoms with E-state index in [0.29, 0.717) is 23.6 Å². The first-order valence-corrected chi connectivity index (χ1v) is 15.2. The normalized spacial score (nSPS) is 24.7. The first-order valence-electron chi connectivity index (χ1n) is 15.2. The van der Waals surface area contributed by atoms with E-state index in [1.54, 1.807) is 12.4 Å². The van der Waals surface area contributed by atoms with Gasteiger partial charge in [-0.25, -0.2) is 14.4 Å². The average Bonchev–Trinajstić information content (AvgIpc) is 3.53. The third kappa shape index (κ3) is 4.85. The highest BCUT2D eigenvalue weighted by atomic mass is 19.1. The summed E-state index contributed by atoms with van der Waals surface area (Å²) in [6.07, 6.45) is 8.40. The predicted octanol–water partition coefficient (Wildman–Crippen LogP) is 4.40. The summed E-state index contributed by atoms with van der Waals surface area (Å²) in [4.78, 5) is 16.0. The Morgan fingerprint density at radius 3 is 2.35 bits per heavy atom. The highest BCUT2D eigenvalue weighted by molar-refractivity contribution is 6.00. The second-order valence-electron chi connectivity index (χ2n) is 12.4. The molecule has 0 amide bonds. The van der Waals surface area contributed by atoms with Gasteiger partial charge in [-0.15, -0.1) is 0 Å². The van der Waals surface area contributed by atoms with Crippen molar-refractivity contribution in [3.8, 4) is 11.1 Å². The number of benzene rings is 2. The van der Waals surface area contributed by atoms with Crippen LogP contribution in [0.15, 0.2) is 48.9 Å². The second kappa shape index (κ2) is 10.7. The summed E-state index contributed by atoms with van der Waals surface area (Å²) in [5, 5.41) is 7.38. The number of nitrogen functional groups attached to an aromatic ring is 1. The Labute approximate surface area is 251 Å². The van der Waals surface area contributed by atoms with Crippen LogP contribution in [0.1, 0.15) is 37.3 Å². The summed E-state index contributed by atoms with van der Waals surface area (Å²) in [6.45, 7) is 6.58. The Morgan fingerprint density at radius 2 is 1.65 bits per heavy atom. The van der Waals surface area contributed by atoms with Gasteiger partial charge >= 0.3 is 0 Å². The zero-order valence-corrected chi connectivity index (χ0v) is 25.1. The van der Waals surface area contributed by atoms with E-state index in [9.17, 15) is 4.39 Å². The molecule has 10 nitrogen and oxygen atoms in total. The van der Waals surface area contributed by atoms with Crippen LogP contribution in [0.2, 0.25) is 0 Å². The quantitative estimate of drug-likeness (QED) is 0.253. The number of likely N-dealkylation sites (N-methyl/N-ethyl adjacent to an activating group) is 1. The van der Waals surface area contributed by atoms with Crippen molar-refractivity contribution in [2.24, 2.45) is 5.73 Å².